The van der Waals surface area contributed by atoms with Crippen molar-refractivity contribution in [1.82, 2.24) is 4.98 Å². The number of carbonyl (C=O) groups is 1. The molecule has 0 fully saturated rings. The summed E-state index contributed by atoms with van der Waals surface area (Å²) in [5.41, 5.74) is 0.627. The van der Waals surface area contributed by atoms with Crippen LogP contribution in [0.5, 0.6) is 0 Å². The summed E-state index contributed by atoms with van der Waals surface area (Å²) in [6.07, 6.45) is 3.17. The molecule has 0 unspecified atom stereocenters. The summed E-state index contributed by atoms with van der Waals surface area (Å²) in [7, 11) is 0. The molecule has 0 amide bonds. The SMILES string of the molecule is CC(=O)c1cc[nH]c1[C]=O. The monoisotopic (exact) mass is 136 g/mol. The van der Waals surface area contributed by atoms with E-state index in [4.69, 9.17) is 0 Å². The van der Waals surface area contributed by atoms with Gasteiger partial charge in [0.25, 0.3) is 6.29 Å². The third-order valence-electron chi connectivity index (χ3n) is 1.23. The number of hydrogen-bond donors (Lipinski definition) is 1. The summed E-state index contributed by atoms with van der Waals surface area (Å²) in [6.45, 7) is 1.41. The van der Waals surface area contributed by atoms with Crippen LogP contribution in [0.4, 0.5) is 0 Å². The lowest BCUT2D eigenvalue weighted by Crippen LogP contribution is -1.94. The third-order valence-corrected chi connectivity index (χ3v) is 1.23. The Morgan fingerprint density at radius 2 is 2.40 bits per heavy atom. The Balaban J connectivity index is 3.13. The molecular formula is C7H6NO2. The molecule has 0 spiro atoms. The van der Waals surface area contributed by atoms with Crippen molar-refractivity contribution in [3.63, 3.8) is 0 Å². The van der Waals surface area contributed by atoms with E-state index in [9.17, 15) is 9.59 Å². The highest BCUT2D eigenvalue weighted by molar-refractivity contribution is 6.00. The Morgan fingerprint density at radius 3 is 2.80 bits per heavy atom. The van der Waals surface area contributed by atoms with Crippen molar-refractivity contribution >= 4 is 12.1 Å². The molecule has 0 saturated carbocycles. The third kappa shape index (κ3) is 0.978. The average molecular weight is 136 g/mol. The second-order valence-electron chi connectivity index (χ2n) is 1.92. The summed E-state index contributed by atoms with van der Waals surface area (Å²) >= 11 is 0. The zero-order valence-electron chi connectivity index (χ0n) is 5.47. The molecule has 1 aromatic heterocycles. The van der Waals surface area contributed by atoms with Crippen LogP contribution < -0.4 is 0 Å². The smallest absolute Gasteiger partial charge is 0.251 e. The van der Waals surface area contributed by atoms with Gasteiger partial charge in [-0.25, -0.2) is 0 Å². The van der Waals surface area contributed by atoms with E-state index in [0.29, 0.717) is 5.56 Å². The Labute approximate surface area is 58.1 Å². The minimum absolute atomic E-state index is 0.125. The Hall–Kier alpha value is -1.38. The van der Waals surface area contributed by atoms with Crippen LogP contribution in [0.25, 0.3) is 0 Å². The molecule has 3 heteroatoms. The van der Waals surface area contributed by atoms with E-state index >= 15 is 0 Å². The molecule has 0 aliphatic carbocycles. The van der Waals surface area contributed by atoms with Crippen molar-refractivity contribution < 1.29 is 9.59 Å². The number of hydrogen-bond acceptors (Lipinski definition) is 2. The molecule has 1 aromatic rings. The number of aromatic amines is 1. The fraction of sp³-hybridized carbons (Fsp3) is 0.143. The average Bonchev–Trinajstić information content (AvgIpc) is 2.33. The van der Waals surface area contributed by atoms with Gasteiger partial charge in [0.15, 0.2) is 5.78 Å². The molecule has 0 saturated heterocycles. The highest BCUT2D eigenvalue weighted by Crippen LogP contribution is 2.03. The van der Waals surface area contributed by atoms with Gasteiger partial charge >= 0.3 is 0 Å². The molecule has 0 aliphatic heterocycles. The molecule has 1 heterocycles. The van der Waals surface area contributed by atoms with Gasteiger partial charge in [0, 0.05) is 11.8 Å². The first-order valence-electron chi connectivity index (χ1n) is 2.82. The summed E-state index contributed by atoms with van der Waals surface area (Å²) in [5, 5.41) is 0. The topological polar surface area (TPSA) is 49.9 Å². The second-order valence-corrected chi connectivity index (χ2v) is 1.92. The maximum absolute atomic E-state index is 10.7. The van der Waals surface area contributed by atoms with Crippen LogP contribution in [-0.2, 0) is 4.79 Å². The number of aromatic nitrogens is 1. The Bertz CT molecular complexity index is 262. The number of H-pyrrole nitrogens is 1. The van der Waals surface area contributed by atoms with Crippen molar-refractivity contribution in [2.75, 3.05) is 0 Å². The van der Waals surface area contributed by atoms with Crippen LogP contribution in [0.3, 0.4) is 0 Å². The molecule has 51 valence electrons. The lowest BCUT2D eigenvalue weighted by Gasteiger charge is -1.86. The van der Waals surface area contributed by atoms with Crippen LogP contribution in [0.15, 0.2) is 12.3 Å². The number of rotatable bonds is 2. The van der Waals surface area contributed by atoms with Gasteiger partial charge in [-0.1, -0.05) is 0 Å². The first-order chi connectivity index (χ1) is 4.75. The molecule has 0 bridgehead atoms. The quantitative estimate of drug-likeness (QED) is 0.607. The van der Waals surface area contributed by atoms with Crippen LogP contribution in [0.2, 0.25) is 0 Å². The van der Waals surface area contributed by atoms with E-state index in [-0.39, 0.29) is 11.5 Å². The van der Waals surface area contributed by atoms with Crippen molar-refractivity contribution in [1.29, 1.82) is 0 Å². The predicted molar refractivity (Wildman–Crippen MR) is 35.6 cm³/mol. The van der Waals surface area contributed by atoms with E-state index in [2.05, 4.69) is 4.98 Å². The normalized spacial score (nSPS) is 9.30. The highest BCUT2D eigenvalue weighted by Gasteiger charge is 2.06. The maximum atomic E-state index is 10.7. The van der Waals surface area contributed by atoms with E-state index in [1.165, 1.54) is 13.1 Å². The summed E-state index contributed by atoms with van der Waals surface area (Å²) in [5.74, 6) is -0.125. The molecule has 0 atom stereocenters. The van der Waals surface area contributed by atoms with Crippen LogP contribution >= 0.6 is 0 Å². The molecule has 1 N–H and O–H groups in total. The summed E-state index contributed by atoms with van der Waals surface area (Å²) in [6, 6.07) is 1.56. The van der Waals surface area contributed by atoms with Gasteiger partial charge in [-0.05, 0) is 13.0 Å². The van der Waals surface area contributed by atoms with Crippen LogP contribution in [-0.4, -0.2) is 17.1 Å². The standard InChI is InChI=1S/C7H6NO2/c1-5(10)6-2-3-8-7(6)4-9/h2-3,8H,1H3. The number of nitrogens with one attached hydrogen (secondary N) is 1. The van der Waals surface area contributed by atoms with Crippen molar-refractivity contribution in [3.8, 4) is 0 Å². The van der Waals surface area contributed by atoms with Gasteiger partial charge in [0.05, 0.1) is 0 Å². The van der Waals surface area contributed by atoms with Gasteiger partial charge in [-0.3, -0.25) is 9.59 Å². The lowest BCUT2D eigenvalue weighted by molar-refractivity contribution is 0.101. The molecule has 3 nitrogen and oxygen atoms in total. The minimum Gasteiger partial charge on any atom is -0.358 e. The molecular weight excluding hydrogens is 130 g/mol. The highest BCUT2D eigenvalue weighted by atomic mass is 16.1. The maximum Gasteiger partial charge on any atom is 0.251 e. The van der Waals surface area contributed by atoms with E-state index in [0.717, 1.165) is 0 Å². The van der Waals surface area contributed by atoms with Gasteiger partial charge in [0.2, 0.25) is 0 Å². The largest absolute Gasteiger partial charge is 0.358 e. The zero-order valence-corrected chi connectivity index (χ0v) is 5.47. The van der Waals surface area contributed by atoms with E-state index in [1.54, 1.807) is 12.4 Å². The van der Waals surface area contributed by atoms with Gasteiger partial charge < -0.3 is 4.98 Å². The molecule has 10 heavy (non-hydrogen) atoms. The summed E-state index contributed by atoms with van der Waals surface area (Å²) < 4.78 is 0. The first-order valence-corrected chi connectivity index (χ1v) is 2.82. The molecule has 1 rings (SSSR count). The van der Waals surface area contributed by atoms with Crippen LogP contribution in [0, 0.1) is 0 Å². The lowest BCUT2D eigenvalue weighted by atomic mass is 10.2. The van der Waals surface area contributed by atoms with Gasteiger partial charge in [-0.2, -0.15) is 0 Å². The van der Waals surface area contributed by atoms with Crippen molar-refractivity contribution in [3.05, 3.63) is 23.5 Å². The van der Waals surface area contributed by atoms with Gasteiger partial charge in [0.1, 0.15) is 5.69 Å². The molecule has 1 radical (unpaired) electrons. The number of ketones is 1. The molecule has 0 aliphatic rings. The second kappa shape index (κ2) is 2.47. The van der Waals surface area contributed by atoms with E-state index < -0.39 is 0 Å². The number of carbonyl (C=O) groups excluding carboxylic acids is 2. The fourth-order valence-electron chi connectivity index (χ4n) is 0.747. The predicted octanol–water partition coefficient (Wildman–Crippen LogP) is 0.675. The summed E-state index contributed by atoms with van der Waals surface area (Å²) in [4.78, 5) is 23.4. The number of Topliss-reactive ketones (excluding diaryl/α,β-unsaturated/α-hetero) is 1. The fourth-order valence-corrected chi connectivity index (χ4v) is 0.747. The first kappa shape index (κ1) is 6.74. The Morgan fingerprint density at radius 1 is 1.70 bits per heavy atom. The Kier molecular flexibility index (Phi) is 1.67. The van der Waals surface area contributed by atoms with Crippen molar-refractivity contribution in [2.24, 2.45) is 0 Å². The van der Waals surface area contributed by atoms with E-state index in [1.807, 2.05) is 0 Å². The zero-order chi connectivity index (χ0) is 7.56. The molecule has 0 aromatic carbocycles. The van der Waals surface area contributed by atoms with Crippen molar-refractivity contribution in [2.45, 2.75) is 6.92 Å². The van der Waals surface area contributed by atoms with Crippen LogP contribution in [0.1, 0.15) is 23.0 Å². The minimum atomic E-state index is -0.125. The van der Waals surface area contributed by atoms with Gasteiger partial charge in [-0.15, -0.1) is 0 Å².